The maximum Gasteiger partial charge on any atom is 0.196 e. The third kappa shape index (κ3) is 2.14. The molecule has 1 aromatic rings. The fraction of sp³-hybridized carbons (Fsp3) is 0.500. The van der Waals surface area contributed by atoms with E-state index >= 15 is 0 Å². The van der Waals surface area contributed by atoms with Gasteiger partial charge in [0.05, 0.1) is 12.1 Å². The van der Waals surface area contributed by atoms with Gasteiger partial charge in [-0.2, -0.15) is 0 Å². The van der Waals surface area contributed by atoms with Crippen LogP contribution in [0.3, 0.4) is 0 Å². The molecule has 1 aliphatic heterocycles. The molecule has 0 aromatic heterocycles. The van der Waals surface area contributed by atoms with Gasteiger partial charge in [-0.3, -0.25) is 4.99 Å². The minimum Gasteiger partial charge on any atom is -0.369 e. The zero-order chi connectivity index (χ0) is 12.5. The number of guanidine groups is 1. The summed E-state index contributed by atoms with van der Waals surface area (Å²) in [6, 6.07) is 8.48. The summed E-state index contributed by atoms with van der Waals surface area (Å²) in [6.07, 6.45) is 2.24. The lowest BCUT2D eigenvalue weighted by atomic mass is 9.94. The Hall–Kier alpha value is -1.51. The van der Waals surface area contributed by atoms with Gasteiger partial charge in [0.15, 0.2) is 5.96 Å². The van der Waals surface area contributed by atoms with Gasteiger partial charge in [0, 0.05) is 5.69 Å². The molecular formula is C14H21N3. The number of benzene rings is 1. The van der Waals surface area contributed by atoms with Crippen LogP contribution in [0.5, 0.6) is 0 Å². The predicted octanol–water partition coefficient (Wildman–Crippen LogP) is 2.69. The van der Waals surface area contributed by atoms with Crippen molar-refractivity contribution in [1.82, 2.24) is 0 Å². The Labute approximate surface area is 103 Å². The van der Waals surface area contributed by atoms with Crippen molar-refractivity contribution < 1.29 is 0 Å². The molecule has 0 aliphatic carbocycles. The molecule has 0 amide bonds. The first-order valence-electron chi connectivity index (χ1n) is 6.23. The monoisotopic (exact) mass is 231 g/mol. The molecule has 0 bridgehead atoms. The first-order chi connectivity index (χ1) is 8.07. The van der Waals surface area contributed by atoms with Gasteiger partial charge >= 0.3 is 0 Å². The highest BCUT2D eigenvalue weighted by Gasteiger charge is 2.37. The first-order valence-corrected chi connectivity index (χ1v) is 6.23. The van der Waals surface area contributed by atoms with Gasteiger partial charge in [0.25, 0.3) is 0 Å². The molecule has 2 rings (SSSR count). The van der Waals surface area contributed by atoms with Crippen molar-refractivity contribution in [1.29, 1.82) is 0 Å². The second kappa shape index (κ2) is 4.40. The zero-order valence-electron chi connectivity index (χ0n) is 10.9. The fourth-order valence-corrected chi connectivity index (χ4v) is 2.54. The van der Waals surface area contributed by atoms with E-state index in [1.54, 1.807) is 0 Å². The van der Waals surface area contributed by atoms with Crippen molar-refractivity contribution in [2.75, 3.05) is 11.4 Å². The number of aryl methyl sites for hydroxylation is 1. The van der Waals surface area contributed by atoms with Crippen molar-refractivity contribution in [3.63, 3.8) is 0 Å². The third-order valence-corrected chi connectivity index (χ3v) is 3.43. The van der Waals surface area contributed by atoms with Gasteiger partial charge < -0.3 is 10.6 Å². The van der Waals surface area contributed by atoms with Crippen LogP contribution in [-0.4, -0.2) is 18.0 Å². The SMILES string of the molecule is CCCC1(C)CN=C(N)N1c1ccc(C)cc1. The lowest BCUT2D eigenvalue weighted by Crippen LogP contribution is -2.49. The molecule has 0 spiro atoms. The Kier molecular flexibility index (Phi) is 3.09. The van der Waals surface area contributed by atoms with Crippen LogP contribution in [0.25, 0.3) is 0 Å². The number of hydrogen-bond donors (Lipinski definition) is 1. The molecule has 0 fully saturated rings. The van der Waals surface area contributed by atoms with Crippen molar-refractivity contribution in [3.8, 4) is 0 Å². The van der Waals surface area contributed by atoms with Gasteiger partial charge in [-0.05, 0) is 32.4 Å². The van der Waals surface area contributed by atoms with Gasteiger partial charge in [-0.15, -0.1) is 0 Å². The predicted molar refractivity (Wildman–Crippen MR) is 73.5 cm³/mol. The Morgan fingerprint density at radius 3 is 2.59 bits per heavy atom. The Morgan fingerprint density at radius 1 is 1.35 bits per heavy atom. The maximum absolute atomic E-state index is 6.03. The van der Waals surface area contributed by atoms with Gasteiger partial charge in [0.2, 0.25) is 0 Å². The summed E-state index contributed by atoms with van der Waals surface area (Å²) >= 11 is 0. The van der Waals surface area contributed by atoms with Crippen molar-refractivity contribution in [2.24, 2.45) is 10.7 Å². The highest BCUT2D eigenvalue weighted by molar-refractivity contribution is 5.98. The summed E-state index contributed by atoms with van der Waals surface area (Å²) in [7, 11) is 0. The van der Waals surface area contributed by atoms with Crippen LogP contribution in [0.1, 0.15) is 32.3 Å². The second-order valence-corrected chi connectivity index (χ2v) is 5.09. The summed E-state index contributed by atoms with van der Waals surface area (Å²) in [5.41, 5.74) is 8.47. The highest BCUT2D eigenvalue weighted by Crippen LogP contribution is 2.32. The van der Waals surface area contributed by atoms with Crippen LogP contribution in [-0.2, 0) is 0 Å². The van der Waals surface area contributed by atoms with E-state index in [9.17, 15) is 0 Å². The first kappa shape index (κ1) is 12.0. The molecule has 3 heteroatoms. The third-order valence-electron chi connectivity index (χ3n) is 3.43. The number of anilines is 1. The molecule has 0 saturated heterocycles. The van der Waals surface area contributed by atoms with Crippen LogP contribution < -0.4 is 10.6 Å². The molecule has 1 atom stereocenters. The normalized spacial score (nSPS) is 23.9. The molecule has 1 heterocycles. The highest BCUT2D eigenvalue weighted by atomic mass is 15.4. The quantitative estimate of drug-likeness (QED) is 0.869. The number of rotatable bonds is 3. The minimum absolute atomic E-state index is 0.0358. The number of hydrogen-bond acceptors (Lipinski definition) is 3. The van der Waals surface area contributed by atoms with E-state index < -0.39 is 0 Å². The summed E-state index contributed by atoms with van der Waals surface area (Å²) < 4.78 is 0. The molecule has 1 unspecified atom stereocenters. The lowest BCUT2D eigenvalue weighted by molar-refractivity contribution is 0.457. The number of aliphatic imine (C=N–C) groups is 1. The molecule has 92 valence electrons. The Balaban J connectivity index is 2.33. The van der Waals surface area contributed by atoms with Gasteiger partial charge in [-0.25, -0.2) is 0 Å². The van der Waals surface area contributed by atoms with E-state index in [0.29, 0.717) is 5.96 Å². The van der Waals surface area contributed by atoms with Crippen LogP contribution in [0.2, 0.25) is 0 Å². The number of nitrogens with two attached hydrogens (primary N) is 1. The lowest BCUT2D eigenvalue weighted by Gasteiger charge is -2.36. The molecule has 3 nitrogen and oxygen atoms in total. The number of nitrogens with zero attached hydrogens (tertiary/aromatic N) is 2. The molecule has 0 saturated carbocycles. The molecular weight excluding hydrogens is 210 g/mol. The van der Waals surface area contributed by atoms with Crippen molar-refractivity contribution >= 4 is 11.6 Å². The molecule has 1 aliphatic rings. The molecule has 17 heavy (non-hydrogen) atoms. The smallest absolute Gasteiger partial charge is 0.196 e. The van der Waals surface area contributed by atoms with Crippen LogP contribution in [0.15, 0.2) is 29.3 Å². The second-order valence-electron chi connectivity index (χ2n) is 5.09. The summed E-state index contributed by atoms with van der Waals surface area (Å²) in [5, 5.41) is 0. The van der Waals surface area contributed by atoms with Crippen molar-refractivity contribution in [3.05, 3.63) is 29.8 Å². The van der Waals surface area contributed by atoms with Gasteiger partial charge in [-0.1, -0.05) is 31.0 Å². The van der Waals surface area contributed by atoms with Crippen LogP contribution >= 0.6 is 0 Å². The zero-order valence-corrected chi connectivity index (χ0v) is 10.9. The average Bonchev–Trinajstić information content (AvgIpc) is 2.57. The fourth-order valence-electron chi connectivity index (χ4n) is 2.54. The Morgan fingerprint density at radius 2 is 2.00 bits per heavy atom. The summed E-state index contributed by atoms with van der Waals surface area (Å²) in [6.45, 7) is 7.32. The topological polar surface area (TPSA) is 41.6 Å². The largest absolute Gasteiger partial charge is 0.369 e. The van der Waals surface area contributed by atoms with Gasteiger partial charge in [0.1, 0.15) is 0 Å². The summed E-state index contributed by atoms with van der Waals surface area (Å²) in [5.74, 6) is 0.643. The standard InChI is InChI=1S/C14H21N3/c1-4-9-14(3)10-16-13(15)17(14)12-7-5-11(2)6-8-12/h5-8H,4,9-10H2,1-3H3,(H2,15,16). The minimum atomic E-state index is 0.0358. The average molecular weight is 231 g/mol. The Bertz CT molecular complexity index is 422. The molecule has 0 radical (unpaired) electrons. The van der Waals surface area contributed by atoms with E-state index in [1.807, 2.05) is 0 Å². The molecule has 1 aromatic carbocycles. The van der Waals surface area contributed by atoms with E-state index in [2.05, 4.69) is 54.9 Å². The maximum atomic E-state index is 6.03. The van der Waals surface area contributed by atoms with Crippen LogP contribution in [0, 0.1) is 6.92 Å². The van der Waals surface area contributed by atoms with E-state index in [1.165, 1.54) is 5.56 Å². The van der Waals surface area contributed by atoms with E-state index in [-0.39, 0.29) is 5.54 Å². The van der Waals surface area contributed by atoms with E-state index in [0.717, 1.165) is 25.1 Å². The molecule has 2 N–H and O–H groups in total. The van der Waals surface area contributed by atoms with Crippen LogP contribution in [0.4, 0.5) is 5.69 Å². The summed E-state index contributed by atoms with van der Waals surface area (Å²) in [4.78, 5) is 6.59. The van der Waals surface area contributed by atoms with Crippen molar-refractivity contribution in [2.45, 2.75) is 39.2 Å². The van der Waals surface area contributed by atoms with E-state index in [4.69, 9.17) is 5.73 Å².